The molecule has 4 heterocycles. The lowest BCUT2D eigenvalue weighted by atomic mass is 9.91. The fraction of sp³-hybridized carbons (Fsp3) is 0.471. The van der Waals surface area contributed by atoms with Gasteiger partial charge in [-0.2, -0.15) is 9.97 Å². The molecule has 3 aromatic carbocycles. The van der Waals surface area contributed by atoms with Gasteiger partial charge in [0.1, 0.15) is 35.7 Å². The Morgan fingerprint density at radius 3 is 2.68 bits per heavy atom. The normalized spacial score (nSPS) is 24.7. The minimum atomic E-state index is -1.09. The van der Waals surface area contributed by atoms with Crippen LogP contribution < -0.4 is 9.64 Å². The summed E-state index contributed by atoms with van der Waals surface area (Å²) in [4.78, 5) is 24.8. The number of halogens is 3. The fourth-order valence-electron chi connectivity index (χ4n) is 7.97. The Kier molecular flexibility index (Phi) is 7.66. The molecule has 10 nitrogen and oxygen atoms in total. The first kappa shape index (κ1) is 31.4. The van der Waals surface area contributed by atoms with Crippen molar-refractivity contribution < 1.29 is 33.0 Å². The quantitative estimate of drug-likeness (QED) is 0.177. The number of fused-ring (bicyclic) bond motifs is 3. The molecule has 3 atom stereocenters. The Hall–Kier alpha value is -4.23. The third-order valence-corrected chi connectivity index (χ3v) is 10.0. The van der Waals surface area contributed by atoms with Crippen molar-refractivity contribution >= 4 is 33.2 Å². The van der Waals surface area contributed by atoms with Gasteiger partial charge in [-0.1, -0.05) is 13.0 Å². The highest BCUT2D eigenvalue weighted by molar-refractivity contribution is 6.05. The summed E-state index contributed by atoms with van der Waals surface area (Å²) in [5.41, 5.74) is -2.79. The van der Waals surface area contributed by atoms with Gasteiger partial charge in [-0.3, -0.25) is 15.0 Å². The van der Waals surface area contributed by atoms with Gasteiger partial charge < -0.3 is 19.8 Å². The number of aryl methyl sites for hydroxylation is 1. The smallest absolute Gasteiger partial charge is 0.319 e. The number of aromatic hydroxyl groups is 1. The van der Waals surface area contributed by atoms with Crippen LogP contribution >= 0.6 is 0 Å². The molecule has 248 valence electrons. The minimum Gasteiger partial charge on any atom is -0.508 e. The second kappa shape index (κ2) is 11.5. The number of aromatic nitrogens is 2. The summed E-state index contributed by atoms with van der Waals surface area (Å²) in [6.07, 6.45) is 2.26. The predicted molar refractivity (Wildman–Crippen MR) is 171 cm³/mol. The zero-order valence-electron chi connectivity index (χ0n) is 26.2. The maximum absolute atomic E-state index is 17.1. The van der Waals surface area contributed by atoms with Crippen molar-refractivity contribution in [1.82, 2.24) is 14.9 Å². The topological polar surface area (TPSA) is 125 Å². The third-order valence-electron chi connectivity index (χ3n) is 10.0. The molecule has 4 aromatic rings. The number of hydrogen-bond acceptors (Lipinski definition) is 9. The summed E-state index contributed by atoms with van der Waals surface area (Å²) in [5, 5.41) is 34.8. The van der Waals surface area contributed by atoms with Gasteiger partial charge in [0.2, 0.25) is 0 Å². The molecule has 47 heavy (non-hydrogen) atoms. The molecule has 3 aliphatic rings. The average molecular weight is 652 g/mol. The number of benzene rings is 3. The highest BCUT2D eigenvalue weighted by atomic mass is 19.1. The lowest BCUT2D eigenvalue weighted by molar-refractivity contribution is -0.384. The first-order valence-electron chi connectivity index (χ1n) is 16.0. The van der Waals surface area contributed by atoms with Gasteiger partial charge in [0.15, 0.2) is 5.82 Å². The standard InChI is InChI=1S/C34H36F3N5O5/c1-3-22-25(36)7-6-19-12-21(43)13-23(27(19)22)28-26(42(45)46)14-24-30(29(28)37)38-32(39-31(24)40-10-4-8-33(2,44)17-40)47-18-34-9-5-11-41(34)16-20(35)15-34/h6-7,12-14,20,43-44H,3-5,8-11,15-18H2,1-2H3/t20-,33?,34+/m1/s1. The number of hydrogen-bond donors (Lipinski definition) is 2. The van der Waals surface area contributed by atoms with Crippen molar-refractivity contribution in [2.24, 2.45) is 0 Å². The van der Waals surface area contributed by atoms with Crippen LogP contribution in [0.5, 0.6) is 11.8 Å². The van der Waals surface area contributed by atoms with Gasteiger partial charge in [0.25, 0.3) is 5.69 Å². The number of ether oxygens (including phenoxy) is 1. The second-order valence-corrected chi connectivity index (χ2v) is 13.4. The van der Waals surface area contributed by atoms with E-state index < -0.39 is 45.1 Å². The van der Waals surface area contributed by atoms with E-state index in [4.69, 9.17) is 4.74 Å². The SMILES string of the molecule is CCc1c(F)ccc2cc(O)cc(-c3c([N+](=O)[O-])cc4c(N5CCCC(C)(O)C5)nc(OC[C@@]56CCCN5C[C@H](F)C6)nc4c3F)c12. The molecule has 3 fully saturated rings. The van der Waals surface area contributed by atoms with E-state index in [1.165, 1.54) is 30.3 Å². The van der Waals surface area contributed by atoms with Crippen LogP contribution in [0.1, 0.15) is 51.5 Å². The van der Waals surface area contributed by atoms with Crippen LogP contribution in [0.4, 0.5) is 24.7 Å². The number of alkyl halides is 1. The van der Waals surface area contributed by atoms with Crippen molar-refractivity contribution in [3.63, 3.8) is 0 Å². The molecular weight excluding hydrogens is 615 g/mol. The van der Waals surface area contributed by atoms with E-state index in [-0.39, 0.29) is 64.6 Å². The van der Waals surface area contributed by atoms with Gasteiger partial charge in [0.05, 0.1) is 27.0 Å². The summed E-state index contributed by atoms with van der Waals surface area (Å²) in [7, 11) is 0. The van der Waals surface area contributed by atoms with Gasteiger partial charge in [-0.15, -0.1) is 0 Å². The summed E-state index contributed by atoms with van der Waals surface area (Å²) >= 11 is 0. The predicted octanol–water partition coefficient (Wildman–Crippen LogP) is 6.21. The number of rotatable bonds is 7. The molecule has 2 N–H and O–H groups in total. The number of nitro groups is 1. The molecule has 0 saturated carbocycles. The van der Waals surface area contributed by atoms with Crippen molar-refractivity contribution in [3.8, 4) is 22.9 Å². The number of anilines is 1. The summed E-state index contributed by atoms with van der Waals surface area (Å²) in [5.74, 6) is -1.73. The Morgan fingerprint density at radius 1 is 1.15 bits per heavy atom. The van der Waals surface area contributed by atoms with E-state index in [2.05, 4.69) is 14.9 Å². The van der Waals surface area contributed by atoms with Crippen LogP contribution in [-0.2, 0) is 6.42 Å². The summed E-state index contributed by atoms with van der Waals surface area (Å²) in [6.45, 7) is 5.11. The molecule has 13 heteroatoms. The Bertz CT molecular complexity index is 1920. The summed E-state index contributed by atoms with van der Waals surface area (Å²) < 4.78 is 52.8. The average Bonchev–Trinajstić information content (AvgIpc) is 3.54. The van der Waals surface area contributed by atoms with Crippen LogP contribution in [0.25, 0.3) is 32.8 Å². The largest absolute Gasteiger partial charge is 0.508 e. The van der Waals surface area contributed by atoms with Crippen molar-refractivity contribution in [2.45, 2.75) is 69.7 Å². The number of piperidine rings is 1. The maximum atomic E-state index is 17.1. The molecule has 3 aliphatic heterocycles. The van der Waals surface area contributed by atoms with Crippen LogP contribution in [0.2, 0.25) is 0 Å². The number of phenolic OH excluding ortho intramolecular Hbond substituents is 1. The van der Waals surface area contributed by atoms with E-state index in [1.54, 1.807) is 18.7 Å². The molecule has 1 aromatic heterocycles. The number of β-amino-alcohol motifs (C(OH)–C–C–N with tert-alkyl or cyclic N) is 1. The van der Waals surface area contributed by atoms with Gasteiger partial charge >= 0.3 is 6.01 Å². The maximum Gasteiger partial charge on any atom is 0.319 e. The Morgan fingerprint density at radius 2 is 1.94 bits per heavy atom. The van der Waals surface area contributed by atoms with Crippen LogP contribution in [0.15, 0.2) is 30.3 Å². The lowest BCUT2D eigenvalue weighted by Gasteiger charge is -2.38. The van der Waals surface area contributed by atoms with E-state index in [0.29, 0.717) is 37.7 Å². The number of aliphatic hydroxyl groups is 1. The number of nitrogens with zero attached hydrogens (tertiary/aromatic N) is 5. The van der Waals surface area contributed by atoms with E-state index in [1.807, 2.05) is 0 Å². The molecule has 0 bridgehead atoms. The highest BCUT2D eigenvalue weighted by Crippen LogP contribution is 2.46. The molecule has 0 radical (unpaired) electrons. The second-order valence-electron chi connectivity index (χ2n) is 13.4. The zero-order chi connectivity index (χ0) is 33.2. The third kappa shape index (κ3) is 5.38. The molecule has 0 spiro atoms. The van der Waals surface area contributed by atoms with Gasteiger partial charge in [-0.05, 0) is 80.1 Å². The van der Waals surface area contributed by atoms with Gasteiger partial charge in [-0.25, -0.2) is 13.2 Å². The monoisotopic (exact) mass is 651 g/mol. The highest BCUT2D eigenvalue weighted by Gasteiger charge is 2.49. The van der Waals surface area contributed by atoms with E-state index in [0.717, 1.165) is 19.4 Å². The van der Waals surface area contributed by atoms with Crippen molar-refractivity contribution in [2.75, 3.05) is 37.7 Å². The van der Waals surface area contributed by atoms with E-state index >= 15 is 8.78 Å². The first-order chi connectivity index (χ1) is 22.4. The molecule has 3 saturated heterocycles. The molecule has 0 aliphatic carbocycles. The van der Waals surface area contributed by atoms with Crippen LogP contribution in [0.3, 0.4) is 0 Å². The number of nitro benzene ring substituents is 1. The Labute approximate surface area is 268 Å². The molecule has 7 rings (SSSR count). The molecule has 1 unspecified atom stereocenters. The Balaban J connectivity index is 1.46. The van der Waals surface area contributed by atoms with Crippen molar-refractivity contribution in [1.29, 1.82) is 0 Å². The van der Waals surface area contributed by atoms with Gasteiger partial charge in [0, 0.05) is 37.7 Å². The lowest BCUT2D eigenvalue weighted by Crippen LogP contribution is -2.46. The molecule has 0 amide bonds. The molecular formula is C34H36F3N5O5. The van der Waals surface area contributed by atoms with E-state index in [9.17, 15) is 24.7 Å². The van der Waals surface area contributed by atoms with Crippen LogP contribution in [-0.4, -0.2) is 80.1 Å². The first-order valence-corrected chi connectivity index (χ1v) is 16.0. The summed E-state index contributed by atoms with van der Waals surface area (Å²) in [6, 6.07) is 6.28. The minimum absolute atomic E-state index is 0.0414. The van der Waals surface area contributed by atoms with Crippen molar-refractivity contribution in [3.05, 3.63) is 57.6 Å². The zero-order valence-corrected chi connectivity index (χ0v) is 26.2. The number of phenols is 1. The fourth-order valence-corrected chi connectivity index (χ4v) is 7.97. The van der Waals surface area contributed by atoms with Crippen LogP contribution in [0, 0.1) is 21.7 Å².